The first kappa shape index (κ1) is 17.4. The van der Waals surface area contributed by atoms with E-state index in [2.05, 4.69) is 35.8 Å². The van der Waals surface area contributed by atoms with E-state index < -0.39 is 0 Å². The lowest BCUT2D eigenvalue weighted by Crippen LogP contribution is -2.38. The fourth-order valence-electron chi connectivity index (χ4n) is 5.27. The van der Waals surface area contributed by atoms with Gasteiger partial charge in [-0.1, -0.05) is 20.8 Å². The summed E-state index contributed by atoms with van der Waals surface area (Å²) < 4.78 is 7.69. The molecule has 0 radical (unpaired) electrons. The molecule has 2 aliphatic rings. The second-order valence-corrected chi connectivity index (χ2v) is 8.82. The first-order valence-electron chi connectivity index (χ1n) is 9.59. The Labute approximate surface area is 154 Å². The molecule has 6 heteroatoms. The zero-order chi connectivity index (χ0) is 18.7. The van der Waals surface area contributed by atoms with Gasteiger partial charge in [-0.25, -0.2) is 9.50 Å². The van der Waals surface area contributed by atoms with Crippen molar-refractivity contribution in [3.63, 3.8) is 0 Å². The Balaban J connectivity index is 1.44. The van der Waals surface area contributed by atoms with E-state index in [0.29, 0.717) is 24.5 Å². The average molecular weight is 356 g/mol. The van der Waals surface area contributed by atoms with E-state index in [9.17, 15) is 4.79 Å². The van der Waals surface area contributed by atoms with Crippen molar-refractivity contribution in [1.29, 1.82) is 0 Å². The van der Waals surface area contributed by atoms with Gasteiger partial charge in [0.15, 0.2) is 0 Å². The molecular weight excluding hydrogens is 328 g/mol. The minimum Gasteiger partial charge on any atom is -0.462 e. The highest BCUT2D eigenvalue weighted by Crippen LogP contribution is 2.66. The minimum absolute atomic E-state index is 0.0573. The fraction of sp³-hybridized carbons (Fsp3) is 0.700. The lowest BCUT2D eigenvalue weighted by atomic mass is 9.70. The van der Waals surface area contributed by atoms with Crippen LogP contribution >= 0.6 is 0 Å². The molecule has 0 aliphatic heterocycles. The summed E-state index contributed by atoms with van der Waals surface area (Å²) in [5.74, 6) is 1.18. The fourth-order valence-corrected chi connectivity index (χ4v) is 5.27. The molecule has 3 unspecified atom stereocenters. The van der Waals surface area contributed by atoms with Crippen LogP contribution in [-0.2, 0) is 16.0 Å². The third-order valence-electron chi connectivity index (χ3n) is 7.56. The standard InChI is InChI=1S/C20H28N4O2/c1-12-15(13(2)24-18(23-12)21-11-22-24)6-7-17(25)26-16-10-14-8-9-20(16,5)19(14,3)4/h11,14,16H,6-10H2,1-5H3. The maximum absolute atomic E-state index is 12.6. The third-order valence-corrected chi connectivity index (χ3v) is 7.56. The average Bonchev–Trinajstić information content (AvgIpc) is 3.17. The highest BCUT2D eigenvalue weighted by Gasteiger charge is 2.62. The van der Waals surface area contributed by atoms with Gasteiger partial charge in [-0.15, -0.1) is 0 Å². The summed E-state index contributed by atoms with van der Waals surface area (Å²) in [7, 11) is 0. The van der Waals surface area contributed by atoms with Crippen molar-refractivity contribution in [3.05, 3.63) is 23.3 Å². The first-order valence-corrected chi connectivity index (χ1v) is 9.59. The molecule has 2 bridgehead atoms. The smallest absolute Gasteiger partial charge is 0.306 e. The van der Waals surface area contributed by atoms with Crippen LogP contribution in [-0.4, -0.2) is 31.7 Å². The van der Waals surface area contributed by atoms with Gasteiger partial charge >= 0.3 is 5.97 Å². The van der Waals surface area contributed by atoms with E-state index in [1.165, 1.54) is 12.7 Å². The molecule has 3 atom stereocenters. The summed E-state index contributed by atoms with van der Waals surface area (Å²) >= 11 is 0. The molecule has 2 aromatic heterocycles. The van der Waals surface area contributed by atoms with Gasteiger partial charge in [-0.3, -0.25) is 4.79 Å². The minimum atomic E-state index is -0.0999. The predicted molar refractivity (Wildman–Crippen MR) is 97.7 cm³/mol. The second-order valence-electron chi connectivity index (χ2n) is 8.82. The van der Waals surface area contributed by atoms with Crippen molar-refractivity contribution >= 4 is 11.7 Å². The summed E-state index contributed by atoms with van der Waals surface area (Å²) in [6.07, 6.45) is 6.00. The number of esters is 1. The number of ether oxygens (including phenoxy) is 1. The Bertz CT molecular complexity index is 872. The lowest BCUT2D eigenvalue weighted by molar-refractivity contribution is -0.156. The number of rotatable bonds is 4. The van der Waals surface area contributed by atoms with Crippen molar-refractivity contribution < 1.29 is 9.53 Å². The zero-order valence-electron chi connectivity index (χ0n) is 16.4. The summed E-state index contributed by atoms with van der Waals surface area (Å²) in [6.45, 7) is 10.9. The SMILES string of the molecule is Cc1nc2ncnn2c(C)c1CCC(=O)OC1CC2CCC1(C)C2(C)C. The maximum Gasteiger partial charge on any atom is 0.306 e. The normalized spacial score (nSPS) is 29.4. The summed E-state index contributed by atoms with van der Waals surface area (Å²) in [5, 5.41) is 4.21. The van der Waals surface area contributed by atoms with Gasteiger partial charge in [0.25, 0.3) is 5.78 Å². The van der Waals surface area contributed by atoms with Gasteiger partial charge < -0.3 is 4.74 Å². The highest BCUT2D eigenvalue weighted by atomic mass is 16.5. The van der Waals surface area contributed by atoms with E-state index in [4.69, 9.17) is 4.74 Å². The van der Waals surface area contributed by atoms with E-state index in [-0.39, 0.29) is 22.9 Å². The molecule has 6 nitrogen and oxygen atoms in total. The molecule has 0 aromatic carbocycles. The molecule has 2 saturated carbocycles. The van der Waals surface area contributed by atoms with Crippen LogP contribution in [0.3, 0.4) is 0 Å². The molecule has 0 saturated heterocycles. The van der Waals surface area contributed by atoms with Gasteiger partial charge in [-0.2, -0.15) is 10.1 Å². The summed E-state index contributed by atoms with van der Waals surface area (Å²) in [4.78, 5) is 21.2. The molecule has 0 amide bonds. The van der Waals surface area contributed by atoms with Gasteiger partial charge in [0.1, 0.15) is 12.4 Å². The van der Waals surface area contributed by atoms with Gasteiger partial charge in [0, 0.05) is 23.2 Å². The van der Waals surface area contributed by atoms with Gasteiger partial charge in [-0.05, 0) is 56.4 Å². The predicted octanol–water partition coefficient (Wildman–Crippen LogP) is 3.43. The number of hydrogen-bond acceptors (Lipinski definition) is 5. The Morgan fingerprint density at radius 3 is 2.77 bits per heavy atom. The molecule has 0 N–H and O–H groups in total. The molecular formula is C20H28N4O2. The third kappa shape index (κ3) is 2.37. The molecule has 2 aliphatic carbocycles. The zero-order valence-corrected chi connectivity index (χ0v) is 16.4. The lowest BCUT2D eigenvalue weighted by Gasteiger charge is -2.38. The molecule has 26 heavy (non-hydrogen) atoms. The number of hydrogen-bond donors (Lipinski definition) is 0. The van der Waals surface area contributed by atoms with Crippen LogP contribution in [0.15, 0.2) is 6.33 Å². The Morgan fingerprint density at radius 2 is 2.12 bits per heavy atom. The molecule has 2 fully saturated rings. The molecule has 4 rings (SSSR count). The van der Waals surface area contributed by atoms with Crippen LogP contribution in [0.2, 0.25) is 0 Å². The summed E-state index contributed by atoms with van der Waals surface area (Å²) in [5.41, 5.74) is 3.32. The second kappa shape index (κ2) is 5.76. The van der Waals surface area contributed by atoms with E-state index in [1.807, 2.05) is 13.8 Å². The Hall–Kier alpha value is -1.98. The molecule has 0 spiro atoms. The monoisotopic (exact) mass is 356 g/mol. The van der Waals surface area contributed by atoms with Crippen LogP contribution in [0, 0.1) is 30.6 Å². The van der Waals surface area contributed by atoms with Crippen molar-refractivity contribution in [3.8, 4) is 0 Å². The number of aryl methyl sites for hydroxylation is 2. The van der Waals surface area contributed by atoms with E-state index in [1.54, 1.807) is 4.52 Å². The number of aromatic nitrogens is 4. The quantitative estimate of drug-likeness (QED) is 0.785. The highest BCUT2D eigenvalue weighted by molar-refractivity contribution is 5.70. The van der Waals surface area contributed by atoms with Crippen LogP contribution in [0.4, 0.5) is 0 Å². The van der Waals surface area contributed by atoms with Gasteiger partial charge in [0.05, 0.1) is 0 Å². The van der Waals surface area contributed by atoms with Gasteiger partial charge in [0.2, 0.25) is 0 Å². The number of carbonyl (C=O) groups is 1. The molecule has 2 aromatic rings. The first-order chi connectivity index (χ1) is 12.2. The maximum atomic E-state index is 12.6. The van der Waals surface area contributed by atoms with Crippen LogP contribution in [0.25, 0.3) is 5.78 Å². The Morgan fingerprint density at radius 1 is 1.35 bits per heavy atom. The topological polar surface area (TPSA) is 69.4 Å². The number of nitrogens with zero attached hydrogens (tertiary/aromatic N) is 4. The van der Waals surface area contributed by atoms with Crippen molar-refractivity contribution in [2.45, 2.75) is 72.8 Å². The molecule has 2 heterocycles. The summed E-state index contributed by atoms with van der Waals surface area (Å²) in [6, 6.07) is 0. The van der Waals surface area contributed by atoms with Crippen LogP contribution < -0.4 is 0 Å². The van der Waals surface area contributed by atoms with E-state index >= 15 is 0 Å². The largest absolute Gasteiger partial charge is 0.462 e. The van der Waals surface area contributed by atoms with Crippen molar-refractivity contribution in [2.24, 2.45) is 16.7 Å². The van der Waals surface area contributed by atoms with Crippen LogP contribution in [0.1, 0.15) is 63.4 Å². The number of carbonyl (C=O) groups excluding carboxylic acids is 1. The van der Waals surface area contributed by atoms with Crippen molar-refractivity contribution in [2.75, 3.05) is 0 Å². The molecule has 140 valence electrons. The van der Waals surface area contributed by atoms with Crippen molar-refractivity contribution in [1.82, 2.24) is 19.6 Å². The Kier molecular flexibility index (Phi) is 3.86. The van der Waals surface area contributed by atoms with E-state index in [0.717, 1.165) is 29.8 Å². The van der Waals surface area contributed by atoms with Crippen LogP contribution in [0.5, 0.6) is 0 Å². The number of fused-ring (bicyclic) bond motifs is 3.